The van der Waals surface area contributed by atoms with Crippen LogP contribution in [0.2, 0.25) is 0 Å². The molecule has 1 unspecified atom stereocenters. The Morgan fingerprint density at radius 2 is 1.96 bits per heavy atom. The number of hydrogen-bond acceptors (Lipinski definition) is 5. The van der Waals surface area contributed by atoms with Gasteiger partial charge in [0.05, 0.1) is 13.2 Å². The van der Waals surface area contributed by atoms with Gasteiger partial charge in [-0.2, -0.15) is 0 Å². The van der Waals surface area contributed by atoms with E-state index < -0.39 is 6.04 Å². The number of hydrogen-bond donors (Lipinski definition) is 1. The molecular formula is C18H28N2O3. The van der Waals surface area contributed by atoms with Gasteiger partial charge < -0.3 is 15.2 Å². The van der Waals surface area contributed by atoms with Gasteiger partial charge in [0, 0.05) is 13.1 Å². The van der Waals surface area contributed by atoms with Crippen LogP contribution < -0.4 is 5.73 Å². The summed E-state index contributed by atoms with van der Waals surface area (Å²) in [6.45, 7) is 8.72. The molecule has 0 aliphatic carbocycles. The molecule has 0 saturated carbocycles. The maximum absolute atomic E-state index is 12.2. The Labute approximate surface area is 138 Å². The average molecular weight is 320 g/mol. The monoisotopic (exact) mass is 320 g/mol. The van der Waals surface area contributed by atoms with Gasteiger partial charge in [0.2, 0.25) is 0 Å². The zero-order valence-corrected chi connectivity index (χ0v) is 14.2. The minimum Gasteiger partial charge on any atom is -0.460 e. The first kappa shape index (κ1) is 17.9. The molecule has 0 bridgehead atoms. The second kappa shape index (κ2) is 8.43. The molecule has 23 heavy (non-hydrogen) atoms. The van der Waals surface area contributed by atoms with E-state index in [1.807, 2.05) is 44.2 Å². The van der Waals surface area contributed by atoms with E-state index in [1.165, 1.54) is 0 Å². The van der Waals surface area contributed by atoms with Crippen LogP contribution in [0.25, 0.3) is 0 Å². The lowest BCUT2D eigenvalue weighted by Crippen LogP contribution is -2.47. The standard InChI is InChI=1S/C18H28N2O3/c1-18(2,8-9-20-10-12-22-13-11-20)16(19)17(21)23-14-15-6-4-3-5-7-15/h3-7,16H,8-14,19H2,1-2H3. The molecule has 5 nitrogen and oxygen atoms in total. The van der Waals surface area contributed by atoms with Gasteiger partial charge in [0.15, 0.2) is 0 Å². The number of nitrogens with zero attached hydrogens (tertiary/aromatic N) is 1. The maximum atomic E-state index is 12.2. The molecule has 1 saturated heterocycles. The first-order valence-corrected chi connectivity index (χ1v) is 8.25. The number of nitrogens with two attached hydrogens (primary N) is 1. The summed E-state index contributed by atoms with van der Waals surface area (Å²) in [5.41, 5.74) is 6.83. The molecular weight excluding hydrogens is 292 g/mol. The minimum atomic E-state index is -0.618. The number of carbonyl (C=O) groups excluding carboxylic acids is 1. The van der Waals surface area contributed by atoms with Gasteiger partial charge in [-0.05, 0) is 23.9 Å². The Hall–Kier alpha value is -1.43. The molecule has 1 heterocycles. The summed E-state index contributed by atoms with van der Waals surface area (Å²) in [5.74, 6) is -0.333. The molecule has 0 spiro atoms. The van der Waals surface area contributed by atoms with Crippen LogP contribution in [-0.2, 0) is 20.9 Å². The van der Waals surface area contributed by atoms with Gasteiger partial charge in [0.1, 0.15) is 12.6 Å². The highest BCUT2D eigenvalue weighted by Crippen LogP contribution is 2.25. The Morgan fingerprint density at radius 3 is 2.61 bits per heavy atom. The molecule has 0 amide bonds. The highest BCUT2D eigenvalue weighted by atomic mass is 16.5. The summed E-state index contributed by atoms with van der Waals surface area (Å²) in [7, 11) is 0. The highest BCUT2D eigenvalue weighted by Gasteiger charge is 2.33. The Bertz CT molecular complexity index is 484. The van der Waals surface area contributed by atoms with E-state index in [0.29, 0.717) is 0 Å². The van der Waals surface area contributed by atoms with E-state index in [0.717, 1.165) is 44.8 Å². The summed E-state index contributed by atoms with van der Waals surface area (Å²) in [5, 5.41) is 0. The number of ether oxygens (including phenoxy) is 2. The number of morpholine rings is 1. The van der Waals surface area contributed by atoms with Crippen molar-refractivity contribution < 1.29 is 14.3 Å². The predicted molar refractivity (Wildman–Crippen MR) is 89.9 cm³/mol. The van der Waals surface area contributed by atoms with Crippen molar-refractivity contribution in [3.05, 3.63) is 35.9 Å². The topological polar surface area (TPSA) is 64.8 Å². The molecule has 0 radical (unpaired) electrons. The number of carbonyl (C=O) groups is 1. The van der Waals surface area contributed by atoms with Gasteiger partial charge in [-0.15, -0.1) is 0 Å². The first-order chi connectivity index (χ1) is 11.0. The lowest BCUT2D eigenvalue weighted by atomic mass is 9.81. The summed E-state index contributed by atoms with van der Waals surface area (Å²) in [6, 6.07) is 9.04. The summed E-state index contributed by atoms with van der Waals surface area (Å²) in [4.78, 5) is 14.6. The van der Waals surface area contributed by atoms with E-state index in [4.69, 9.17) is 15.2 Å². The van der Waals surface area contributed by atoms with Crippen molar-refractivity contribution in [2.75, 3.05) is 32.8 Å². The fraction of sp³-hybridized carbons (Fsp3) is 0.611. The van der Waals surface area contributed by atoms with Gasteiger partial charge >= 0.3 is 5.97 Å². The van der Waals surface area contributed by atoms with E-state index in [-0.39, 0.29) is 18.0 Å². The molecule has 0 aromatic heterocycles. The summed E-state index contributed by atoms with van der Waals surface area (Å²) in [6.07, 6.45) is 0.856. The third-order valence-corrected chi connectivity index (χ3v) is 4.50. The molecule has 1 aromatic rings. The Kier molecular flexibility index (Phi) is 6.57. The van der Waals surface area contributed by atoms with E-state index >= 15 is 0 Å². The van der Waals surface area contributed by atoms with Gasteiger partial charge in [-0.25, -0.2) is 0 Å². The fourth-order valence-corrected chi connectivity index (χ4v) is 2.56. The summed E-state index contributed by atoms with van der Waals surface area (Å²) >= 11 is 0. The van der Waals surface area contributed by atoms with Crippen molar-refractivity contribution in [2.24, 2.45) is 11.1 Å². The molecule has 128 valence electrons. The van der Waals surface area contributed by atoms with Crippen molar-refractivity contribution >= 4 is 5.97 Å². The Balaban J connectivity index is 1.79. The second-order valence-electron chi connectivity index (χ2n) is 6.76. The van der Waals surface area contributed by atoms with Gasteiger partial charge in [0.25, 0.3) is 0 Å². The molecule has 1 aromatic carbocycles. The number of benzene rings is 1. The second-order valence-corrected chi connectivity index (χ2v) is 6.76. The largest absolute Gasteiger partial charge is 0.460 e. The van der Waals surface area contributed by atoms with Crippen LogP contribution in [0, 0.1) is 5.41 Å². The Morgan fingerprint density at radius 1 is 1.30 bits per heavy atom. The minimum absolute atomic E-state index is 0.271. The van der Waals surface area contributed by atoms with Crippen LogP contribution in [0.5, 0.6) is 0 Å². The zero-order valence-electron chi connectivity index (χ0n) is 14.2. The van der Waals surface area contributed by atoms with Crippen LogP contribution in [-0.4, -0.2) is 49.8 Å². The van der Waals surface area contributed by atoms with Crippen molar-refractivity contribution in [1.29, 1.82) is 0 Å². The number of rotatable bonds is 7. The third-order valence-electron chi connectivity index (χ3n) is 4.50. The van der Waals surface area contributed by atoms with Crippen molar-refractivity contribution in [2.45, 2.75) is 32.9 Å². The van der Waals surface area contributed by atoms with Crippen LogP contribution in [0.4, 0.5) is 0 Å². The fourth-order valence-electron chi connectivity index (χ4n) is 2.56. The quantitative estimate of drug-likeness (QED) is 0.776. The molecule has 2 rings (SSSR count). The van der Waals surface area contributed by atoms with Crippen LogP contribution >= 0.6 is 0 Å². The van der Waals surface area contributed by atoms with E-state index in [1.54, 1.807) is 0 Å². The van der Waals surface area contributed by atoms with Crippen molar-refractivity contribution in [1.82, 2.24) is 4.90 Å². The van der Waals surface area contributed by atoms with Crippen molar-refractivity contribution in [3.63, 3.8) is 0 Å². The lowest BCUT2D eigenvalue weighted by Gasteiger charge is -2.34. The van der Waals surface area contributed by atoms with E-state index in [2.05, 4.69) is 4.90 Å². The normalized spacial score (nSPS) is 17.7. The molecule has 1 aliphatic heterocycles. The maximum Gasteiger partial charge on any atom is 0.323 e. The highest BCUT2D eigenvalue weighted by molar-refractivity contribution is 5.76. The zero-order chi connectivity index (χ0) is 16.7. The molecule has 2 N–H and O–H groups in total. The van der Waals surface area contributed by atoms with Crippen LogP contribution in [0.15, 0.2) is 30.3 Å². The molecule has 1 fully saturated rings. The van der Waals surface area contributed by atoms with Crippen LogP contribution in [0.1, 0.15) is 25.8 Å². The molecule has 1 atom stereocenters. The summed E-state index contributed by atoms with van der Waals surface area (Å²) < 4.78 is 10.7. The first-order valence-electron chi connectivity index (χ1n) is 8.25. The average Bonchev–Trinajstić information content (AvgIpc) is 2.59. The molecule has 1 aliphatic rings. The van der Waals surface area contributed by atoms with Crippen LogP contribution in [0.3, 0.4) is 0 Å². The number of esters is 1. The SMILES string of the molecule is CC(C)(CCN1CCOCC1)C(N)C(=O)OCc1ccccc1. The molecule has 5 heteroatoms. The van der Waals surface area contributed by atoms with Gasteiger partial charge in [-0.1, -0.05) is 44.2 Å². The van der Waals surface area contributed by atoms with Crippen molar-refractivity contribution in [3.8, 4) is 0 Å². The van der Waals surface area contributed by atoms with E-state index in [9.17, 15) is 4.79 Å². The predicted octanol–water partition coefficient (Wildman–Crippen LogP) is 1.81. The van der Waals surface area contributed by atoms with Gasteiger partial charge in [-0.3, -0.25) is 9.69 Å². The smallest absolute Gasteiger partial charge is 0.323 e. The third kappa shape index (κ3) is 5.61. The lowest BCUT2D eigenvalue weighted by molar-refractivity contribution is -0.149.